The smallest absolute Gasteiger partial charge is 0.327 e. The number of nitrogens with zero attached hydrogens (tertiary/aromatic N) is 1. The number of hydrogen-bond acceptors (Lipinski definition) is 4. The Balaban J connectivity index is 2.89. The number of rotatable bonds is 4. The van der Waals surface area contributed by atoms with Gasteiger partial charge in [0.2, 0.25) is 5.91 Å². The molecule has 0 bridgehead atoms. The summed E-state index contributed by atoms with van der Waals surface area (Å²) in [6.45, 7) is 3.87. The fourth-order valence-corrected chi connectivity index (χ4v) is 2.49. The Bertz CT molecular complexity index is 301. The van der Waals surface area contributed by atoms with Crippen molar-refractivity contribution in [1.82, 2.24) is 4.90 Å². The minimum absolute atomic E-state index is 0.117. The fraction of sp³-hybridized carbons (Fsp3) is 0.800. The van der Waals surface area contributed by atoms with Gasteiger partial charge in [-0.15, -0.1) is 0 Å². The molecule has 0 aromatic heterocycles. The van der Waals surface area contributed by atoms with Crippen molar-refractivity contribution in [2.24, 2.45) is 5.92 Å². The summed E-state index contributed by atoms with van der Waals surface area (Å²) in [5.41, 5.74) is 0. The molecule has 1 aliphatic rings. The topological polar surface area (TPSA) is 57.6 Å². The maximum Gasteiger partial charge on any atom is 0.327 e. The number of amides is 1. The third-order valence-corrected chi connectivity index (χ3v) is 3.47. The van der Waals surface area contributed by atoms with Gasteiger partial charge in [0.25, 0.3) is 0 Å². The molecule has 1 fully saturated rings. The lowest BCUT2D eigenvalue weighted by Gasteiger charge is -2.34. The van der Waals surface area contributed by atoms with E-state index in [1.54, 1.807) is 13.8 Å². The Labute approximate surface area is 106 Å². The zero-order valence-corrected chi connectivity index (χ0v) is 11.2. The molecule has 0 aliphatic carbocycles. The maximum atomic E-state index is 11.7. The van der Waals surface area contributed by atoms with E-state index in [4.69, 9.17) is 0 Å². The van der Waals surface area contributed by atoms with Crippen LogP contribution >= 0.6 is 25.3 Å². The first-order valence-corrected chi connectivity index (χ1v) is 6.21. The lowest BCUT2D eigenvalue weighted by molar-refractivity contribution is -0.149. The molecule has 92 valence electrons. The molecule has 4 nitrogen and oxygen atoms in total. The van der Waals surface area contributed by atoms with Gasteiger partial charge in [-0.2, -0.15) is 25.3 Å². The third-order valence-electron chi connectivity index (χ3n) is 2.71. The molecule has 1 amide bonds. The maximum absolute atomic E-state index is 11.7. The average molecular weight is 263 g/mol. The van der Waals surface area contributed by atoms with Crippen LogP contribution in [0.1, 0.15) is 20.3 Å². The lowest BCUT2D eigenvalue weighted by atomic mass is 10.0. The second kappa shape index (κ2) is 4.87. The van der Waals surface area contributed by atoms with Crippen LogP contribution < -0.4 is 0 Å². The Morgan fingerprint density at radius 3 is 2.56 bits per heavy atom. The Morgan fingerprint density at radius 1 is 1.69 bits per heavy atom. The van der Waals surface area contributed by atoms with Gasteiger partial charge >= 0.3 is 5.97 Å². The molecule has 0 aromatic carbocycles. The summed E-state index contributed by atoms with van der Waals surface area (Å²) >= 11 is 8.41. The number of carbonyl (C=O) groups is 2. The van der Waals surface area contributed by atoms with Crippen LogP contribution in [0.15, 0.2) is 0 Å². The number of carboxylic acid groups (broad SMARTS) is 1. The van der Waals surface area contributed by atoms with Crippen molar-refractivity contribution >= 4 is 37.1 Å². The van der Waals surface area contributed by atoms with Crippen LogP contribution in [0, 0.1) is 5.92 Å². The van der Waals surface area contributed by atoms with E-state index in [-0.39, 0.29) is 11.8 Å². The zero-order valence-electron chi connectivity index (χ0n) is 9.38. The first-order chi connectivity index (χ1) is 7.27. The van der Waals surface area contributed by atoms with Crippen LogP contribution in [-0.2, 0) is 9.59 Å². The SMILES string of the molecule is CC(C)(S)[C@@H](C(=O)O)N1CC(CS)CC1=O. The molecule has 1 rings (SSSR count). The van der Waals surface area contributed by atoms with E-state index in [1.807, 2.05) is 0 Å². The van der Waals surface area contributed by atoms with Gasteiger partial charge in [-0.25, -0.2) is 4.79 Å². The molecule has 1 saturated heterocycles. The highest BCUT2D eigenvalue weighted by Crippen LogP contribution is 2.29. The fourth-order valence-electron chi connectivity index (χ4n) is 2.00. The van der Waals surface area contributed by atoms with E-state index in [0.29, 0.717) is 18.7 Å². The van der Waals surface area contributed by atoms with Crippen molar-refractivity contribution in [3.05, 3.63) is 0 Å². The van der Waals surface area contributed by atoms with Gasteiger partial charge in [-0.1, -0.05) is 0 Å². The van der Waals surface area contributed by atoms with Crippen LogP contribution in [0.4, 0.5) is 0 Å². The molecule has 6 heteroatoms. The quantitative estimate of drug-likeness (QED) is 0.661. The summed E-state index contributed by atoms with van der Waals surface area (Å²) in [7, 11) is 0. The van der Waals surface area contributed by atoms with Gasteiger partial charge in [-0.05, 0) is 25.5 Å². The molecular weight excluding hydrogens is 246 g/mol. The van der Waals surface area contributed by atoms with Crippen molar-refractivity contribution in [2.45, 2.75) is 31.1 Å². The molecule has 2 atom stereocenters. The van der Waals surface area contributed by atoms with Crippen molar-refractivity contribution in [3.8, 4) is 0 Å². The van der Waals surface area contributed by atoms with Gasteiger partial charge < -0.3 is 10.0 Å². The van der Waals surface area contributed by atoms with Gasteiger partial charge in [0.15, 0.2) is 0 Å². The molecule has 1 heterocycles. The first-order valence-electron chi connectivity index (χ1n) is 5.13. The molecule has 1 unspecified atom stereocenters. The minimum Gasteiger partial charge on any atom is -0.480 e. The van der Waals surface area contributed by atoms with Gasteiger partial charge in [0, 0.05) is 17.7 Å². The highest BCUT2D eigenvalue weighted by Gasteiger charge is 2.43. The standard InChI is InChI=1S/C10H17NO3S2/c1-10(2,16)8(9(13)14)11-4-6(5-15)3-7(11)12/h6,8,15-16H,3-5H2,1-2H3,(H,13,14)/t6?,8-/m1/s1. The number of carbonyl (C=O) groups excluding carboxylic acids is 1. The Hall–Kier alpha value is -0.360. The lowest BCUT2D eigenvalue weighted by Crippen LogP contribution is -2.52. The number of hydrogen-bond donors (Lipinski definition) is 3. The van der Waals surface area contributed by atoms with Crippen molar-refractivity contribution < 1.29 is 14.7 Å². The zero-order chi connectivity index (χ0) is 12.5. The van der Waals surface area contributed by atoms with Gasteiger partial charge in [0.1, 0.15) is 6.04 Å². The van der Waals surface area contributed by atoms with Crippen LogP contribution in [0.3, 0.4) is 0 Å². The Kier molecular flexibility index (Phi) is 4.17. The summed E-state index contributed by atoms with van der Waals surface area (Å²) in [5, 5.41) is 9.18. The third kappa shape index (κ3) is 2.85. The summed E-state index contributed by atoms with van der Waals surface area (Å²) in [4.78, 5) is 24.4. The van der Waals surface area contributed by atoms with Crippen molar-refractivity contribution in [2.75, 3.05) is 12.3 Å². The van der Waals surface area contributed by atoms with Crippen molar-refractivity contribution in [3.63, 3.8) is 0 Å². The largest absolute Gasteiger partial charge is 0.480 e. The molecule has 1 aliphatic heterocycles. The van der Waals surface area contributed by atoms with Crippen molar-refractivity contribution in [1.29, 1.82) is 0 Å². The molecular formula is C10H17NO3S2. The second-order valence-corrected chi connectivity index (χ2v) is 6.21. The molecule has 1 N–H and O–H groups in total. The number of aliphatic carboxylic acids is 1. The highest BCUT2D eigenvalue weighted by atomic mass is 32.1. The number of carboxylic acids is 1. The van der Waals surface area contributed by atoms with E-state index < -0.39 is 16.8 Å². The minimum atomic E-state index is -1.01. The molecule has 0 radical (unpaired) electrons. The number of thiol groups is 2. The van der Waals surface area contributed by atoms with Crippen LogP contribution in [0.25, 0.3) is 0 Å². The summed E-state index contributed by atoms with van der Waals surface area (Å²) in [6.07, 6.45) is 0.386. The van der Waals surface area contributed by atoms with Gasteiger partial charge in [-0.3, -0.25) is 4.79 Å². The molecule has 0 spiro atoms. The monoisotopic (exact) mass is 263 g/mol. The van der Waals surface area contributed by atoms with E-state index in [1.165, 1.54) is 4.90 Å². The first kappa shape index (κ1) is 13.7. The highest BCUT2D eigenvalue weighted by molar-refractivity contribution is 7.81. The van der Waals surface area contributed by atoms with Gasteiger partial charge in [0.05, 0.1) is 0 Å². The number of likely N-dealkylation sites (tertiary alicyclic amines) is 1. The summed E-state index contributed by atoms with van der Waals surface area (Å²) < 4.78 is -0.757. The Morgan fingerprint density at radius 2 is 2.25 bits per heavy atom. The van der Waals surface area contributed by atoms with E-state index in [0.717, 1.165) is 0 Å². The van der Waals surface area contributed by atoms with E-state index in [9.17, 15) is 14.7 Å². The molecule has 16 heavy (non-hydrogen) atoms. The second-order valence-electron chi connectivity index (χ2n) is 4.69. The van der Waals surface area contributed by atoms with E-state index in [2.05, 4.69) is 25.3 Å². The van der Waals surface area contributed by atoms with Crippen LogP contribution in [0.2, 0.25) is 0 Å². The predicted octanol–water partition coefficient (Wildman–Crippen LogP) is 0.926. The predicted molar refractivity (Wildman–Crippen MR) is 68.2 cm³/mol. The molecule has 0 saturated carbocycles. The summed E-state index contributed by atoms with van der Waals surface area (Å²) in [6, 6.07) is -0.881. The normalized spacial score (nSPS) is 23.6. The van der Waals surface area contributed by atoms with Crippen LogP contribution in [-0.4, -0.2) is 45.0 Å². The average Bonchev–Trinajstić information content (AvgIpc) is 2.44. The summed E-state index contributed by atoms with van der Waals surface area (Å²) in [5.74, 6) is -0.378. The van der Waals surface area contributed by atoms with E-state index >= 15 is 0 Å². The van der Waals surface area contributed by atoms with Crippen LogP contribution in [0.5, 0.6) is 0 Å². The molecule has 0 aromatic rings.